The molecule has 0 spiro atoms. The largest absolute Gasteiger partial charge is 1.00 e. The third-order valence-corrected chi connectivity index (χ3v) is 4.64. The highest BCUT2D eigenvalue weighted by Gasteiger charge is 2.13. The van der Waals surface area contributed by atoms with Crippen LogP contribution < -0.4 is 22.3 Å². The minimum Gasteiger partial charge on any atom is -1.00 e. The van der Waals surface area contributed by atoms with E-state index in [1.165, 1.54) is 5.56 Å². The number of thiazole rings is 1. The van der Waals surface area contributed by atoms with E-state index in [0.29, 0.717) is 0 Å². The summed E-state index contributed by atoms with van der Waals surface area (Å²) in [6.45, 7) is 6.30. The Balaban J connectivity index is 0.00000192. The first-order chi connectivity index (χ1) is 10.5. The molecule has 0 aliphatic rings. The highest BCUT2D eigenvalue weighted by molar-refractivity contribution is 7.22. The molecule has 0 saturated carbocycles. The molecule has 0 atom stereocenters. The lowest BCUT2D eigenvalue weighted by Gasteiger charge is -2.10. The fraction of sp³-hybridized carbons (Fsp3) is 0.222. The van der Waals surface area contributed by atoms with Crippen LogP contribution in [0.25, 0.3) is 10.2 Å². The van der Waals surface area contributed by atoms with Crippen LogP contribution >= 0.6 is 11.3 Å². The number of nitrogens with zero attached hydrogens (tertiary/aromatic N) is 1. The smallest absolute Gasteiger partial charge is 0.184 e. The second kappa shape index (κ2) is 7.23. The van der Waals surface area contributed by atoms with Crippen molar-refractivity contribution in [3.05, 3.63) is 58.7 Å². The standard InChI is InChI=1S/C18H18N2OS.BrH/c1-11-8-12(2)17(13(3)9-11)15(21)10-19-18-20-14-6-4-5-7-16(14)22-18;/h4-9H,10H2,1-3H3,(H,19,20);1H/p-1. The molecule has 0 unspecified atom stereocenters. The summed E-state index contributed by atoms with van der Waals surface area (Å²) in [6.07, 6.45) is 0. The number of anilines is 1. The highest BCUT2D eigenvalue weighted by atomic mass is 79.9. The first kappa shape index (κ1) is 17.6. The van der Waals surface area contributed by atoms with Gasteiger partial charge in [-0.05, 0) is 44.0 Å². The number of para-hydroxylation sites is 1. The molecule has 1 heterocycles. The monoisotopic (exact) mass is 389 g/mol. The quantitative estimate of drug-likeness (QED) is 0.687. The van der Waals surface area contributed by atoms with Crippen LogP contribution in [0.15, 0.2) is 36.4 Å². The van der Waals surface area contributed by atoms with Gasteiger partial charge < -0.3 is 22.3 Å². The minimum atomic E-state index is 0. The van der Waals surface area contributed by atoms with Crippen molar-refractivity contribution in [3.8, 4) is 0 Å². The van der Waals surface area contributed by atoms with Gasteiger partial charge in [-0.3, -0.25) is 4.79 Å². The van der Waals surface area contributed by atoms with Crippen LogP contribution in [0, 0.1) is 20.8 Å². The molecule has 0 saturated heterocycles. The molecule has 3 nitrogen and oxygen atoms in total. The number of fused-ring (bicyclic) bond motifs is 1. The molecule has 120 valence electrons. The van der Waals surface area contributed by atoms with Crippen LogP contribution in [0.1, 0.15) is 27.0 Å². The molecule has 1 N–H and O–H groups in total. The van der Waals surface area contributed by atoms with Crippen LogP contribution in [0.5, 0.6) is 0 Å². The number of carbonyl (C=O) groups excluding carboxylic acids is 1. The van der Waals surface area contributed by atoms with Crippen LogP contribution in [-0.2, 0) is 0 Å². The molecule has 0 bridgehead atoms. The lowest BCUT2D eigenvalue weighted by atomic mass is 9.96. The van der Waals surface area contributed by atoms with E-state index < -0.39 is 0 Å². The van der Waals surface area contributed by atoms with Gasteiger partial charge in [-0.25, -0.2) is 4.98 Å². The number of aromatic nitrogens is 1. The molecule has 5 heteroatoms. The molecule has 23 heavy (non-hydrogen) atoms. The van der Waals surface area contributed by atoms with Crippen molar-refractivity contribution in [2.24, 2.45) is 0 Å². The van der Waals surface area contributed by atoms with E-state index in [9.17, 15) is 4.79 Å². The lowest BCUT2D eigenvalue weighted by molar-refractivity contribution is -0.0000125. The van der Waals surface area contributed by atoms with Gasteiger partial charge in [-0.2, -0.15) is 0 Å². The maximum Gasteiger partial charge on any atom is 0.184 e. The number of nitrogens with one attached hydrogen (secondary N) is 1. The van der Waals surface area contributed by atoms with Gasteiger partial charge in [0, 0.05) is 5.56 Å². The molecule has 0 radical (unpaired) electrons. The van der Waals surface area contributed by atoms with Crippen molar-refractivity contribution in [2.45, 2.75) is 20.8 Å². The van der Waals surface area contributed by atoms with Crippen molar-refractivity contribution in [1.82, 2.24) is 4.98 Å². The number of carbonyl (C=O) groups is 1. The average molecular weight is 390 g/mol. The normalized spacial score (nSPS) is 10.4. The topological polar surface area (TPSA) is 42.0 Å². The fourth-order valence-corrected chi connectivity index (χ4v) is 3.67. The van der Waals surface area contributed by atoms with Gasteiger partial charge >= 0.3 is 0 Å². The Kier molecular flexibility index (Phi) is 5.55. The van der Waals surface area contributed by atoms with E-state index in [4.69, 9.17) is 0 Å². The third-order valence-electron chi connectivity index (χ3n) is 3.65. The predicted octanol–water partition coefficient (Wildman–Crippen LogP) is 1.52. The van der Waals surface area contributed by atoms with E-state index in [0.717, 1.165) is 32.0 Å². The van der Waals surface area contributed by atoms with Crippen molar-refractivity contribution >= 4 is 32.5 Å². The lowest BCUT2D eigenvalue weighted by Crippen LogP contribution is -3.00. The van der Waals surface area contributed by atoms with Gasteiger partial charge in [0.05, 0.1) is 16.8 Å². The zero-order valence-electron chi connectivity index (χ0n) is 13.3. The summed E-state index contributed by atoms with van der Waals surface area (Å²) in [5, 5.41) is 3.95. The Bertz CT molecular complexity index is 801. The Labute approximate surface area is 150 Å². The second-order valence-electron chi connectivity index (χ2n) is 5.54. The molecule has 3 aromatic rings. The van der Waals surface area contributed by atoms with Crippen LogP contribution in [-0.4, -0.2) is 17.3 Å². The number of rotatable bonds is 4. The Morgan fingerprint density at radius 3 is 2.43 bits per heavy atom. The summed E-state index contributed by atoms with van der Waals surface area (Å²) in [4.78, 5) is 17.0. The van der Waals surface area contributed by atoms with Crippen LogP contribution in [0.3, 0.4) is 0 Å². The zero-order chi connectivity index (χ0) is 15.7. The van der Waals surface area contributed by atoms with Crippen molar-refractivity contribution in [2.75, 3.05) is 11.9 Å². The van der Waals surface area contributed by atoms with Gasteiger partial charge in [-0.1, -0.05) is 41.2 Å². The first-order valence-corrected chi connectivity index (χ1v) is 8.07. The van der Waals surface area contributed by atoms with Gasteiger partial charge in [0.1, 0.15) is 0 Å². The van der Waals surface area contributed by atoms with Crippen molar-refractivity contribution < 1.29 is 21.8 Å². The maximum absolute atomic E-state index is 12.5. The van der Waals surface area contributed by atoms with E-state index in [1.54, 1.807) is 11.3 Å². The molecule has 2 aromatic carbocycles. The Morgan fingerprint density at radius 2 is 1.78 bits per heavy atom. The van der Waals surface area contributed by atoms with Gasteiger partial charge in [0.2, 0.25) is 0 Å². The molecule has 0 fully saturated rings. The highest BCUT2D eigenvalue weighted by Crippen LogP contribution is 2.25. The Hall–Kier alpha value is -1.72. The second-order valence-corrected chi connectivity index (χ2v) is 6.57. The van der Waals surface area contributed by atoms with Gasteiger partial charge in [0.25, 0.3) is 0 Å². The maximum atomic E-state index is 12.5. The molecule has 1 aromatic heterocycles. The molecule has 3 rings (SSSR count). The predicted molar refractivity (Wildman–Crippen MR) is 93.1 cm³/mol. The van der Waals surface area contributed by atoms with Crippen molar-refractivity contribution in [1.29, 1.82) is 0 Å². The van der Waals surface area contributed by atoms with Gasteiger partial charge in [-0.15, -0.1) is 0 Å². The third kappa shape index (κ3) is 3.79. The summed E-state index contributed by atoms with van der Waals surface area (Å²) in [5.74, 6) is 0.106. The number of halogens is 1. The summed E-state index contributed by atoms with van der Waals surface area (Å²) in [7, 11) is 0. The summed E-state index contributed by atoms with van der Waals surface area (Å²) in [5.41, 5.74) is 5.04. The number of hydrogen-bond acceptors (Lipinski definition) is 4. The number of hydrogen-bond donors (Lipinski definition) is 1. The number of benzene rings is 2. The van der Waals surface area contributed by atoms with Crippen LogP contribution in [0.2, 0.25) is 0 Å². The average Bonchev–Trinajstić information content (AvgIpc) is 2.86. The first-order valence-electron chi connectivity index (χ1n) is 7.25. The Morgan fingerprint density at radius 1 is 1.13 bits per heavy atom. The van der Waals surface area contributed by atoms with Crippen molar-refractivity contribution in [3.63, 3.8) is 0 Å². The summed E-state index contributed by atoms with van der Waals surface area (Å²) in [6, 6.07) is 12.1. The van der Waals surface area contributed by atoms with E-state index in [-0.39, 0.29) is 29.3 Å². The number of ketones is 1. The van der Waals surface area contributed by atoms with E-state index in [2.05, 4.69) is 22.4 Å². The van der Waals surface area contributed by atoms with E-state index >= 15 is 0 Å². The minimum absolute atomic E-state index is 0. The number of Topliss-reactive ketones (excluding diaryl/α,β-unsaturated/α-hetero) is 1. The molecule has 0 amide bonds. The van der Waals surface area contributed by atoms with Crippen LogP contribution in [0.4, 0.5) is 5.13 Å². The molecular weight excluding hydrogens is 372 g/mol. The summed E-state index contributed by atoms with van der Waals surface area (Å²) >= 11 is 1.57. The SMILES string of the molecule is Cc1cc(C)c(C(=O)CNc2nc3ccccc3s2)c(C)c1.[Br-]. The summed E-state index contributed by atoms with van der Waals surface area (Å²) < 4.78 is 1.13. The number of aryl methyl sites for hydroxylation is 3. The zero-order valence-corrected chi connectivity index (χ0v) is 15.7. The van der Waals surface area contributed by atoms with Gasteiger partial charge in [0.15, 0.2) is 10.9 Å². The van der Waals surface area contributed by atoms with E-state index in [1.807, 2.05) is 45.0 Å². The fourth-order valence-electron chi connectivity index (χ4n) is 2.81. The molecular formula is C18H18BrN2OS-. The molecule has 0 aliphatic carbocycles. The molecule has 0 aliphatic heterocycles.